The second kappa shape index (κ2) is 5.03. The number of carbonyl (C=O) groups excluding carboxylic acids is 1. The Morgan fingerprint density at radius 2 is 1.94 bits per heavy atom. The third kappa shape index (κ3) is 3.99. The number of aliphatic carboxylic acids is 1. The third-order valence-electron chi connectivity index (χ3n) is 3.09. The normalized spacial score (nSPS) is 18.2. The van der Waals surface area contributed by atoms with Gasteiger partial charge in [-0.05, 0) is 12.8 Å². The lowest BCUT2D eigenvalue weighted by molar-refractivity contribution is -0.154. The van der Waals surface area contributed by atoms with E-state index >= 15 is 0 Å². The van der Waals surface area contributed by atoms with Gasteiger partial charge < -0.3 is 10.4 Å². The Morgan fingerprint density at radius 1 is 1.35 bits per heavy atom. The maximum Gasteiger partial charge on any atom is 0.311 e. The summed E-state index contributed by atoms with van der Waals surface area (Å²) in [7, 11) is -3.16. The van der Waals surface area contributed by atoms with Crippen molar-refractivity contribution in [1.82, 2.24) is 5.32 Å². The van der Waals surface area contributed by atoms with Crippen LogP contribution >= 0.6 is 0 Å². The van der Waals surface area contributed by atoms with Gasteiger partial charge in [-0.3, -0.25) is 9.59 Å². The molecular weight excluding hydrogens is 246 g/mol. The molecule has 0 saturated heterocycles. The molecule has 98 valence electrons. The summed E-state index contributed by atoms with van der Waals surface area (Å²) in [6, 6.07) is 0. The van der Waals surface area contributed by atoms with E-state index in [2.05, 4.69) is 5.32 Å². The topological polar surface area (TPSA) is 101 Å². The fraction of sp³-hybridized carbons (Fsp3) is 0.800. The van der Waals surface area contributed by atoms with Gasteiger partial charge >= 0.3 is 5.97 Å². The smallest absolute Gasteiger partial charge is 0.311 e. The molecule has 0 aromatic carbocycles. The number of sulfone groups is 1. The first-order valence-corrected chi connectivity index (χ1v) is 7.49. The van der Waals surface area contributed by atoms with Gasteiger partial charge in [0, 0.05) is 19.2 Å². The zero-order valence-corrected chi connectivity index (χ0v) is 10.5. The van der Waals surface area contributed by atoms with Gasteiger partial charge in [-0.1, -0.05) is 6.42 Å². The minimum Gasteiger partial charge on any atom is -0.481 e. The zero-order chi connectivity index (χ0) is 13.1. The average molecular weight is 263 g/mol. The lowest BCUT2D eigenvalue weighted by Crippen LogP contribution is -2.47. The zero-order valence-electron chi connectivity index (χ0n) is 9.73. The summed E-state index contributed by atoms with van der Waals surface area (Å²) in [6.45, 7) is 0.0882. The van der Waals surface area contributed by atoms with Gasteiger partial charge in [0.1, 0.15) is 9.84 Å². The molecule has 0 aliphatic heterocycles. The van der Waals surface area contributed by atoms with Crippen LogP contribution in [-0.4, -0.2) is 44.0 Å². The van der Waals surface area contributed by atoms with Gasteiger partial charge in [-0.15, -0.1) is 0 Å². The number of amides is 1. The molecule has 1 fully saturated rings. The average Bonchev–Trinajstić information content (AvgIpc) is 2.11. The van der Waals surface area contributed by atoms with Crippen molar-refractivity contribution in [2.75, 3.05) is 18.6 Å². The molecule has 17 heavy (non-hydrogen) atoms. The number of carbonyl (C=O) groups is 2. The maximum absolute atomic E-state index is 11.3. The molecule has 0 unspecified atom stereocenters. The van der Waals surface area contributed by atoms with E-state index in [1.807, 2.05) is 0 Å². The van der Waals surface area contributed by atoms with Crippen LogP contribution in [-0.2, 0) is 19.4 Å². The van der Waals surface area contributed by atoms with E-state index < -0.39 is 27.1 Å². The predicted octanol–water partition coefficient (Wildman–Crippen LogP) is -0.208. The number of carboxylic acid groups (broad SMARTS) is 1. The first-order valence-electron chi connectivity index (χ1n) is 5.43. The van der Waals surface area contributed by atoms with Crippen LogP contribution in [0.2, 0.25) is 0 Å². The number of hydrogen-bond acceptors (Lipinski definition) is 4. The van der Waals surface area contributed by atoms with Gasteiger partial charge in [0.05, 0.1) is 11.2 Å². The van der Waals surface area contributed by atoms with Crippen molar-refractivity contribution in [2.45, 2.75) is 25.7 Å². The lowest BCUT2D eigenvalue weighted by atomic mass is 9.69. The molecular formula is C10H17NO5S. The molecule has 1 saturated carbocycles. The summed E-state index contributed by atoms with van der Waals surface area (Å²) < 4.78 is 21.7. The summed E-state index contributed by atoms with van der Waals surface area (Å²) >= 11 is 0. The summed E-state index contributed by atoms with van der Waals surface area (Å²) in [5.41, 5.74) is -0.833. The van der Waals surface area contributed by atoms with Crippen molar-refractivity contribution < 1.29 is 23.1 Å². The van der Waals surface area contributed by atoms with E-state index in [-0.39, 0.29) is 18.7 Å². The van der Waals surface area contributed by atoms with Gasteiger partial charge in [0.15, 0.2) is 0 Å². The Morgan fingerprint density at radius 3 is 2.29 bits per heavy atom. The third-order valence-corrected chi connectivity index (χ3v) is 4.03. The van der Waals surface area contributed by atoms with E-state index in [0.717, 1.165) is 12.7 Å². The molecule has 0 heterocycles. The molecule has 1 amide bonds. The highest BCUT2D eigenvalue weighted by atomic mass is 32.2. The molecule has 0 spiro atoms. The van der Waals surface area contributed by atoms with Crippen molar-refractivity contribution >= 4 is 21.7 Å². The van der Waals surface area contributed by atoms with E-state index in [0.29, 0.717) is 12.8 Å². The van der Waals surface area contributed by atoms with Crippen LogP contribution in [0.1, 0.15) is 25.7 Å². The predicted molar refractivity (Wildman–Crippen MR) is 61.3 cm³/mol. The number of rotatable bonds is 6. The number of hydrogen-bond donors (Lipinski definition) is 2. The fourth-order valence-electron chi connectivity index (χ4n) is 1.70. The lowest BCUT2D eigenvalue weighted by Gasteiger charge is -2.37. The quantitative estimate of drug-likeness (QED) is 0.690. The van der Waals surface area contributed by atoms with Crippen molar-refractivity contribution in [3.63, 3.8) is 0 Å². The molecule has 0 aromatic rings. The number of carboxylic acids is 1. The maximum atomic E-state index is 11.3. The second-order valence-electron chi connectivity index (χ2n) is 4.60. The van der Waals surface area contributed by atoms with Gasteiger partial charge in [-0.2, -0.15) is 0 Å². The largest absolute Gasteiger partial charge is 0.481 e. The Hall–Kier alpha value is -1.11. The molecule has 1 aliphatic carbocycles. The van der Waals surface area contributed by atoms with Crippen molar-refractivity contribution in [3.8, 4) is 0 Å². The van der Waals surface area contributed by atoms with E-state index in [9.17, 15) is 18.0 Å². The monoisotopic (exact) mass is 263 g/mol. The summed E-state index contributed by atoms with van der Waals surface area (Å²) in [5.74, 6) is -1.52. The molecule has 6 nitrogen and oxygen atoms in total. The molecule has 1 rings (SSSR count). The van der Waals surface area contributed by atoms with Crippen molar-refractivity contribution in [1.29, 1.82) is 0 Å². The molecule has 2 N–H and O–H groups in total. The molecule has 7 heteroatoms. The first-order chi connectivity index (χ1) is 7.75. The van der Waals surface area contributed by atoms with Crippen LogP contribution in [0.15, 0.2) is 0 Å². The Bertz CT molecular complexity index is 410. The standard InChI is InChI=1S/C10H17NO5S/c1-17(15,16)6-3-8(12)11-7-10(9(13)14)4-2-5-10/h2-7H2,1H3,(H,11,12)(H,13,14). The minimum atomic E-state index is -3.16. The van der Waals surface area contributed by atoms with Gasteiger partial charge in [0.25, 0.3) is 0 Å². The van der Waals surface area contributed by atoms with Crippen LogP contribution in [0.25, 0.3) is 0 Å². The molecule has 1 aliphatic rings. The number of nitrogens with one attached hydrogen (secondary N) is 1. The molecule has 0 bridgehead atoms. The highest BCUT2D eigenvalue weighted by Gasteiger charge is 2.44. The summed E-state index contributed by atoms with van der Waals surface area (Å²) in [4.78, 5) is 22.3. The van der Waals surface area contributed by atoms with Crippen LogP contribution in [0.4, 0.5) is 0 Å². The summed E-state index contributed by atoms with van der Waals surface area (Å²) in [5, 5.41) is 11.5. The van der Waals surface area contributed by atoms with E-state index in [1.54, 1.807) is 0 Å². The Balaban J connectivity index is 2.35. The van der Waals surface area contributed by atoms with E-state index in [1.165, 1.54) is 0 Å². The first kappa shape index (κ1) is 14.0. The molecule has 0 aromatic heterocycles. The van der Waals surface area contributed by atoms with Crippen molar-refractivity contribution in [3.05, 3.63) is 0 Å². The highest BCUT2D eigenvalue weighted by molar-refractivity contribution is 7.90. The highest BCUT2D eigenvalue weighted by Crippen LogP contribution is 2.40. The summed E-state index contributed by atoms with van der Waals surface area (Å²) in [6.07, 6.45) is 2.92. The molecule has 0 radical (unpaired) electrons. The van der Waals surface area contributed by atoms with E-state index in [4.69, 9.17) is 5.11 Å². The van der Waals surface area contributed by atoms with Gasteiger partial charge in [-0.25, -0.2) is 8.42 Å². The van der Waals surface area contributed by atoms with Crippen LogP contribution in [0, 0.1) is 5.41 Å². The van der Waals surface area contributed by atoms with Crippen LogP contribution in [0.5, 0.6) is 0 Å². The SMILES string of the molecule is CS(=O)(=O)CCC(=O)NCC1(C(=O)O)CCC1. The van der Waals surface area contributed by atoms with Gasteiger partial charge in [0.2, 0.25) is 5.91 Å². The van der Waals surface area contributed by atoms with Crippen molar-refractivity contribution in [2.24, 2.45) is 5.41 Å². The second-order valence-corrected chi connectivity index (χ2v) is 6.86. The minimum absolute atomic E-state index is 0.0882. The van der Waals surface area contributed by atoms with Crippen LogP contribution < -0.4 is 5.32 Å². The Kier molecular flexibility index (Phi) is 4.13. The fourth-order valence-corrected chi connectivity index (χ4v) is 2.26. The Labute approximate surface area is 100 Å². The molecule has 0 atom stereocenters. The van der Waals surface area contributed by atoms with Crippen LogP contribution in [0.3, 0.4) is 0 Å².